The zero-order valence-corrected chi connectivity index (χ0v) is 29.8. The van der Waals surface area contributed by atoms with Crippen molar-refractivity contribution in [1.82, 2.24) is 0 Å². The summed E-state index contributed by atoms with van der Waals surface area (Å²) < 4.78 is 11.5. The SMILES string of the molecule is CCCCCCCCCCCCCCCCCC(=O)Oc1ccc(C)c(OOC(=O)c2cccc3ccccc23)c1OC(=O)c1ccccc1. The second kappa shape index (κ2) is 21.4. The van der Waals surface area contributed by atoms with Crippen molar-refractivity contribution in [3.8, 4) is 17.2 Å². The van der Waals surface area contributed by atoms with Crippen molar-refractivity contribution in [2.24, 2.45) is 0 Å². The summed E-state index contributed by atoms with van der Waals surface area (Å²) in [6.07, 6.45) is 18.8. The summed E-state index contributed by atoms with van der Waals surface area (Å²) in [6.45, 7) is 3.97. The molecule has 0 bridgehead atoms. The van der Waals surface area contributed by atoms with Crippen LogP contribution in [0.3, 0.4) is 0 Å². The average Bonchev–Trinajstić information content (AvgIpc) is 3.14. The van der Waals surface area contributed by atoms with Crippen molar-refractivity contribution in [1.29, 1.82) is 0 Å². The van der Waals surface area contributed by atoms with Gasteiger partial charge in [-0.2, -0.15) is 0 Å². The van der Waals surface area contributed by atoms with Gasteiger partial charge in [0.1, 0.15) is 0 Å². The molecule has 4 aromatic rings. The first-order valence-corrected chi connectivity index (χ1v) is 18.5. The highest BCUT2D eigenvalue weighted by Gasteiger charge is 2.24. The van der Waals surface area contributed by atoms with Gasteiger partial charge in [0.2, 0.25) is 11.5 Å². The van der Waals surface area contributed by atoms with E-state index in [4.69, 9.17) is 19.2 Å². The maximum atomic E-state index is 13.1. The Kier molecular flexibility index (Phi) is 16.4. The molecule has 0 heterocycles. The monoisotopic (exact) mass is 680 g/mol. The number of esters is 2. The number of fused-ring (bicyclic) bond motifs is 1. The molecule has 7 heteroatoms. The van der Waals surface area contributed by atoms with E-state index in [1.807, 2.05) is 30.3 Å². The number of carbonyl (C=O) groups is 3. The molecule has 0 saturated carbocycles. The first-order valence-electron chi connectivity index (χ1n) is 18.5. The Labute approximate surface area is 297 Å². The van der Waals surface area contributed by atoms with Gasteiger partial charge in [0.15, 0.2) is 5.75 Å². The van der Waals surface area contributed by atoms with Gasteiger partial charge in [-0.3, -0.25) is 9.68 Å². The fourth-order valence-corrected chi connectivity index (χ4v) is 5.99. The van der Waals surface area contributed by atoms with Crippen LogP contribution in [0.1, 0.15) is 136 Å². The van der Waals surface area contributed by atoms with E-state index in [-0.39, 0.29) is 23.7 Å². The molecule has 0 atom stereocenters. The van der Waals surface area contributed by atoms with Crippen LogP contribution in [-0.2, 0) is 9.68 Å². The normalized spacial score (nSPS) is 10.9. The second-order valence-corrected chi connectivity index (χ2v) is 12.9. The number of benzene rings is 4. The number of rotatable bonds is 22. The third-order valence-electron chi connectivity index (χ3n) is 8.90. The topological polar surface area (TPSA) is 88.1 Å². The van der Waals surface area contributed by atoms with E-state index < -0.39 is 17.9 Å². The minimum Gasteiger partial charge on any atom is -0.422 e. The highest BCUT2D eigenvalue weighted by molar-refractivity contribution is 6.04. The van der Waals surface area contributed by atoms with E-state index >= 15 is 0 Å². The van der Waals surface area contributed by atoms with Crippen molar-refractivity contribution in [2.75, 3.05) is 0 Å². The minimum absolute atomic E-state index is 0.00190. The van der Waals surface area contributed by atoms with Gasteiger partial charge < -0.3 is 9.47 Å². The zero-order valence-electron chi connectivity index (χ0n) is 29.8. The van der Waals surface area contributed by atoms with Gasteiger partial charge in [-0.25, -0.2) is 14.5 Å². The van der Waals surface area contributed by atoms with Crippen molar-refractivity contribution >= 4 is 28.7 Å². The average molecular weight is 681 g/mol. The number of carbonyl (C=O) groups excluding carboxylic acids is 3. The first-order chi connectivity index (χ1) is 24.5. The summed E-state index contributed by atoms with van der Waals surface area (Å²) in [7, 11) is 0. The number of hydrogen-bond donors (Lipinski definition) is 0. The van der Waals surface area contributed by atoms with Gasteiger partial charge in [0.25, 0.3) is 0 Å². The van der Waals surface area contributed by atoms with Gasteiger partial charge in [0, 0.05) is 12.0 Å². The molecule has 0 N–H and O–H groups in total. The Bertz CT molecular complexity index is 1640. The fourth-order valence-electron chi connectivity index (χ4n) is 5.99. The lowest BCUT2D eigenvalue weighted by molar-refractivity contribution is -0.151. The van der Waals surface area contributed by atoms with Crippen LogP contribution in [-0.4, -0.2) is 17.9 Å². The zero-order chi connectivity index (χ0) is 35.4. The molecule has 0 spiro atoms. The van der Waals surface area contributed by atoms with Crippen LogP contribution >= 0.6 is 0 Å². The van der Waals surface area contributed by atoms with Crippen LogP contribution in [0.4, 0.5) is 0 Å². The van der Waals surface area contributed by atoms with Crippen molar-refractivity contribution in [3.05, 3.63) is 102 Å². The molecule has 266 valence electrons. The lowest BCUT2D eigenvalue weighted by Gasteiger charge is -2.16. The maximum Gasteiger partial charge on any atom is 0.386 e. The largest absolute Gasteiger partial charge is 0.422 e. The van der Waals surface area contributed by atoms with Gasteiger partial charge in [0.05, 0.1) is 11.1 Å². The van der Waals surface area contributed by atoms with Crippen molar-refractivity contribution in [2.45, 2.75) is 117 Å². The third kappa shape index (κ3) is 12.3. The highest BCUT2D eigenvalue weighted by Crippen LogP contribution is 2.41. The summed E-state index contributed by atoms with van der Waals surface area (Å²) >= 11 is 0. The van der Waals surface area contributed by atoms with E-state index in [2.05, 4.69) is 6.92 Å². The third-order valence-corrected chi connectivity index (χ3v) is 8.90. The van der Waals surface area contributed by atoms with E-state index in [0.29, 0.717) is 28.5 Å². The minimum atomic E-state index is -0.725. The van der Waals surface area contributed by atoms with Gasteiger partial charge in [-0.15, -0.1) is 0 Å². The molecule has 0 fully saturated rings. The number of aryl methyl sites for hydroxylation is 1. The van der Waals surface area contributed by atoms with E-state index in [0.717, 1.165) is 18.2 Å². The van der Waals surface area contributed by atoms with Crippen molar-refractivity contribution < 1.29 is 33.6 Å². The van der Waals surface area contributed by atoms with Gasteiger partial charge in [-0.05, 0) is 48.4 Å². The standard InChI is InChI=1S/C43H52O7/c1-3-4-5-6-7-8-9-10-11-12-13-14-15-16-20-30-39(44)47-38-32-31-33(2)40(41(38)48-42(45)35-25-18-17-19-26-35)49-50-43(46)37-29-23-27-34-24-21-22-28-36(34)37/h17-19,21-29,31-32H,3-16,20,30H2,1-2H3. The lowest BCUT2D eigenvalue weighted by Crippen LogP contribution is -2.15. The van der Waals surface area contributed by atoms with Crippen LogP contribution in [0, 0.1) is 6.92 Å². The van der Waals surface area contributed by atoms with Crippen LogP contribution in [0.15, 0.2) is 84.9 Å². The molecule has 0 saturated heterocycles. The van der Waals surface area contributed by atoms with Gasteiger partial charge >= 0.3 is 17.9 Å². The van der Waals surface area contributed by atoms with Crippen LogP contribution in [0.5, 0.6) is 17.2 Å². The van der Waals surface area contributed by atoms with E-state index in [1.54, 1.807) is 61.5 Å². The summed E-state index contributed by atoms with van der Waals surface area (Å²) in [5.74, 6) is -2.03. The molecular formula is C43H52O7. The molecule has 0 aromatic heterocycles. The Hall–Kier alpha value is -4.65. The Morgan fingerprint density at radius 1 is 0.540 bits per heavy atom. The quantitative estimate of drug-likeness (QED) is 0.0268. The first kappa shape index (κ1) is 38.2. The second-order valence-electron chi connectivity index (χ2n) is 12.9. The lowest BCUT2D eigenvalue weighted by atomic mass is 10.0. The Balaban J connectivity index is 1.29. The highest BCUT2D eigenvalue weighted by atomic mass is 17.2. The molecule has 50 heavy (non-hydrogen) atoms. The molecular weight excluding hydrogens is 628 g/mol. The summed E-state index contributed by atoms with van der Waals surface area (Å²) in [5, 5.41) is 1.58. The smallest absolute Gasteiger partial charge is 0.386 e. The molecule has 0 radical (unpaired) electrons. The van der Waals surface area contributed by atoms with Crippen LogP contribution in [0.25, 0.3) is 10.8 Å². The summed E-state index contributed by atoms with van der Waals surface area (Å²) in [4.78, 5) is 50.0. The number of hydrogen-bond acceptors (Lipinski definition) is 7. The summed E-state index contributed by atoms with van der Waals surface area (Å²) in [6, 6.07) is 24.4. The molecule has 4 aromatic carbocycles. The van der Waals surface area contributed by atoms with Gasteiger partial charge in [-0.1, -0.05) is 157 Å². The molecule has 0 unspecified atom stereocenters. The molecule has 0 aliphatic heterocycles. The number of unbranched alkanes of at least 4 members (excludes halogenated alkanes) is 14. The van der Waals surface area contributed by atoms with Crippen molar-refractivity contribution in [3.63, 3.8) is 0 Å². The molecule has 0 aliphatic rings. The predicted octanol–water partition coefficient (Wildman–Crippen LogP) is 11.7. The summed E-state index contributed by atoms with van der Waals surface area (Å²) in [5.41, 5.74) is 1.12. The molecule has 4 rings (SSSR count). The van der Waals surface area contributed by atoms with Crippen LogP contribution < -0.4 is 14.4 Å². The molecule has 0 aliphatic carbocycles. The predicted molar refractivity (Wildman–Crippen MR) is 198 cm³/mol. The fraction of sp³-hybridized carbons (Fsp3) is 0.419. The molecule has 0 amide bonds. The molecule has 7 nitrogen and oxygen atoms in total. The van der Waals surface area contributed by atoms with E-state index in [1.165, 1.54) is 77.0 Å². The Morgan fingerprint density at radius 3 is 1.78 bits per heavy atom. The maximum absolute atomic E-state index is 13.1. The number of ether oxygens (including phenoxy) is 2. The van der Waals surface area contributed by atoms with Crippen LogP contribution in [0.2, 0.25) is 0 Å². The Morgan fingerprint density at radius 2 is 1.12 bits per heavy atom. The van der Waals surface area contributed by atoms with E-state index in [9.17, 15) is 14.4 Å².